The molecule has 83 valence electrons. The van der Waals surface area contributed by atoms with Crippen LogP contribution >= 0.6 is 0 Å². The highest BCUT2D eigenvalue weighted by molar-refractivity contribution is 5.36. The molecular formula is C9H5F3N3O. The molecule has 0 aliphatic heterocycles. The summed E-state index contributed by atoms with van der Waals surface area (Å²) in [5.41, 5.74) is 0.572. The molecule has 0 saturated heterocycles. The first-order valence-electron chi connectivity index (χ1n) is 4.18. The van der Waals surface area contributed by atoms with Crippen LogP contribution in [0, 0.1) is 6.33 Å². The van der Waals surface area contributed by atoms with Crippen molar-refractivity contribution in [2.45, 2.75) is 6.36 Å². The lowest BCUT2D eigenvalue weighted by molar-refractivity contribution is -0.274. The summed E-state index contributed by atoms with van der Waals surface area (Å²) < 4.78 is 40.7. The van der Waals surface area contributed by atoms with E-state index in [4.69, 9.17) is 0 Å². The lowest BCUT2D eigenvalue weighted by Crippen LogP contribution is -2.17. The molecule has 1 aromatic carbocycles. The third kappa shape index (κ3) is 2.50. The van der Waals surface area contributed by atoms with Gasteiger partial charge in [-0.1, -0.05) is 0 Å². The molecule has 1 heterocycles. The first kappa shape index (κ1) is 10.5. The number of alkyl halides is 3. The molecule has 4 nitrogen and oxygen atoms in total. The van der Waals surface area contributed by atoms with Crippen molar-refractivity contribution < 1.29 is 17.9 Å². The third-order valence-corrected chi connectivity index (χ3v) is 1.71. The smallest absolute Gasteiger partial charge is 0.406 e. The van der Waals surface area contributed by atoms with Crippen LogP contribution in [-0.2, 0) is 0 Å². The van der Waals surface area contributed by atoms with Gasteiger partial charge in [0.05, 0.1) is 5.69 Å². The van der Waals surface area contributed by atoms with Crippen molar-refractivity contribution in [1.82, 2.24) is 14.8 Å². The van der Waals surface area contributed by atoms with Crippen molar-refractivity contribution in [2.75, 3.05) is 0 Å². The van der Waals surface area contributed by atoms with Crippen molar-refractivity contribution in [3.63, 3.8) is 0 Å². The fraction of sp³-hybridized carbons (Fsp3) is 0.111. The Morgan fingerprint density at radius 2 is 1.88 bits per heavy atom. The van der Waals surface area contributed by atoms with E-state index in [1.807, 2.05) is 0 Å². The van der Waals surface area contributed by atoms with Gasteiger partial charge in [-0.2, -0.15) is 0 Å². The summed E-state index contributed by atoms with van der Waals surface area (Å²) in [4.78, 5) is 3.60. The second-order valence-electron chi connectivity index (χ2n) is 2.83. The van der Waals surface area contributed by atoms with Crippen molar-refractivity contribution >= 4 is 0 Å². The monoisotopic (exact) mass is 228 g/mol. The quantitative estimate of drug-likeness (QED) is 0.788. The molecule has 0 bridgehead atoms. The summed E-state index contributed by atoms with van der Waals surface area (Å²) in [5, 5.41) is 3.71. The molecule has 0 fully saturated rings. The van der Waals surface area contributed by atoms with Gasteiger partial charge in [-0.05, 0) is 24.3 Å². The highest BCUT2D eigenvalue weighted by Gasteiger charge is 2.30. The number of rotatable bonds is 2. The molecule has 0 saturated carbocycles. The number of halogens is 3. The van der Waals surface area contributed by atoms with Crippen LogP contribution in [0.25, 0.3) is 5.69 Å². The van der Waals surface area contributed by atoms with Crippen LogP contribution in [0.1, 0.15) is 0 Å². The highest BCUT2D eigenvalue weighted by atomic mass is 19.4. The minimum absolute atomic E-state index is 0.277. The lowest BCUT2D eigenvalue weighted by Gasteiger charge is -2.08. The van der Waals surface area contributed by atoms with E-state index in [9.17, 15) is 13.2 Å². The van der Waals surface area contributed by atoms with Crippen LogP contribution in [-0.4, -0.2) is 21.1 Å². The molecule has 16 heavy (non-hydrogen) atoms. The Kier molecular flexibility index (Phi) is 2.51. The molecule has 0 spiro atoms. The van der Waals surface area contributed by atoms with Crippen LogP contribution in [0.15, 0.2) is 30.6 Å². The Balaban J connectivity index is 2.17. The highest BCUT2D eigenvalue weighted by Crippen LogP contribution is 2.23. The molecule has 2 rings (SSSR count). The summed E-state index contributed by atoms with van der Waals surface area (Å²) in [7, 11) is 0. The summed E-state index contributed by atoms with van der Waals surface area (Å²) in [5.74, 6) is -0.277. The van der Waals surface area contributed by atoms with Crippen LogP contribution in [0.3, 0.4) is 0 Å². The molecular weight excluding hydrogens is 223 g/mol. The Hall–Kier alpha value is -2.05. The molecule has 0 aliphatic rings. The zero-order valence-electron chi connectivity index (χ0n) is 7.77. The maximum absolute atomic E-state index is 11.9. The van der Waals surface area contributed by atoms with Crippen LogP contribution in [0.5, 0.6) is 5.75 Å². The van der Waals surface area contributed by atoms with Crippen LogP contribution in [0.2, 0.25) is 0 Å². The molecule has 0 atom stereocenters. The summed E-state index contributed by atoms with van der Waals surface area (Å²) >= 11 is 0. The average Bonchev–Trinajstić information content (AvgIpc) is 2.69. The maximum Gasteiger partial charge on any atom is 0.573 e. The minimum Gasteiger partial charge on any atom is -0.406 e. The normalized spacial score (nSPS) is 11.4. The van der Waals surface area contributed by atoms with Crippen LogP contribution < -0.4 is 4.74 Å². The molecule has 2 aromatic rings. The van der Waals surface area contributed by atoms with Gasteiger partial charge in [-0.3, -0.25) is 0 Å². The lowest BCUT2D eigenvalue weighted by atomic mass is 10.3. The number of hydrogen-bond donors (Lipinski definition) is 0. The fourth-order valence-electron chi connectivity index (χ4n) is 1.11. The third-order valence-electron chi connectivity index (χ3n) is 1.71. The number of aromatic nitrogens is 3. The topological polar surface area (TPSA) is 39.9 Å². The maximum atomic E-state index is 11.9. The zero-order chi connectivity index (χ0) is 11.6. The Morgan fingerprint density at radius 1 is 1.19 bits per heavy atom. The Morgan fingerprint density at radius 3 is 2.38 bits per heavy atom. The second-order valence-corrected chi connectivity index (χ2v) is 2.83. The zero-order valence-corrected chi connectivity index (χ0v) is 7.77. The van der Waals surface area contributed by atoms with Crippen molar-refractivity contribution in [3.8, 4) is 11.4 Å². The predicted molar refractivity (Wildman–Crippen MR) is 46.9 cm³/mol. The Labute approximate surface area is 88.3 Å². The summed E-state index contributed by atoms with van der Waals surface area (Å²) in [6, 6.07) is 5.27. The standard InChI is InChI=1S/C9H5F3N3O/c10-9(11,12)16-8-3-1-7(2-4-8)15-6-13-5-14-15/h1-4,6H. The SMILES string of the molecule is FC(F)(F)Oc1ccc(-n2cn[c]n2)cc1. The molecule has 0 aliphatic carbocycles. The first-order valence-corrected chi connectivity index (χ1v) is 4.18. The number of nitrogens with zero attached hydrogens (tertiary/aromatic N) is 3. The van der Waals surface area contributed by atoms with Crippen molar-refractivity contribution in [1.29, 1.82) is 0 Å². The van der Waals surface area contributed by atoms with E-state index in [2.05, 4.69) is 21.1 Å². The molecule has 0 N–H and O–H groups in total. The summed E-state index contributed by atoms with van der Waals surface area (Å²) in [6.45, 7) is 0. The molecule has 1 aromatic heterocycles. The molecule has 7 heteroatoms. The van der Waals surface area contributed by atoms with E-state index in [1.165, 1.54) is 35.3 Å². The minimum atomic E-state index is -4.68. The van der Waals surface area contributed by atoms with Crippen LogP contribution in [0.4, 0.5) is 13.2 Å². The van der Waals surface area contributed by atoms with E-state index < -0.39 is 6.36 Å². The number of benzene rings is 1. The molecule has 0 amide bonds. The second kappa shape index (κ2) is 3.84. The Bertz CT molecular complexity index is 450. The van der Waals surface area contributed by atoms with E-state index in [1.54, 1.807) is 0 Å². The van der Waals surface area contributed by atoms with E-state index in [0.717, 1.165) is 0 Å². The predicted octanol–water partition coefficient (Wildman–Crippen LogP) is 1.97. The van der Waals surface area contributed by atoms with E-state index in [0.29, 0.717) is 5.69 Å². The van der Waals surface area contributed by atoms with E-state index >= 15 is 0 Å². The van der Waals surface area contributed by atoms with Gasteiger partial charge < -0.3 is 4.74 Å². The number of ether oxygens (including phenoxy) is 1. The molecule has 1 radical (unpaired) electrons. The number of hydrogen-bond acceptors (Lipinski definition) is 3. The van der Waals surface area contributed by atoms with Gasteiger partial charge in [0.1, 0.15) is 12.1 Å². The first-order chi connectivity index (χ1) is 7.54. The van der Waals surface area contributed by atoms with Crippen molar-refractivity contribution in [3.05, 3.63) is 36.9 Å². The average molecular weight is 228 g/mol. The largest absolute Gasteiger partial charge is 0.573 e. The van der Waals surface area contributed by atoms with Crippen molar-refractivity contribution in [2.24, 2.45) is 0 Å². The summed E-state index contributed by atoms with van der Waals surface area (Å²) in [6.07, 6.45) is -0.957. The van der Waals surface area contributed by atoms with Gasteiger partial charge in [-0.25, -0.2) is 9.67 Å². The fourth-order valence-corrected chi connectivity index (χ4v) is 1.11. The van der Waals surface area contributed by atoms with Gasteiger partial charge in [0, 0.05) is 0 Å². The van der Waals surface area contributed by atoms with Gasteiger partial charge in [0.15, 0.2) is 0 Å². The van der Waals surface area contributed by atoms with Gasteiger partial charge in [0.25, 0.3) is 0 Å². The van der Waals surface area contributed by atoms with E-state index in [-0.39, 0.29) is 5.75 Å². The van der Waals surface area contributed by atoms with Gasteiger partial charge in [-0.15, -0.1) is 18.3 Å². The molecule has 0 unspecified atom stereocenters. The van der Waals surface area contributed by atoms with Gasteiger partial charge >= 0.3 is 6.36 Å². The van der Waals surface area contributed by atoms with Gasteiger partial charge in [0.2, 0.25) is 6.33 Å².